The van der Waals surface area contributed by atoms with Gasteiger partial charge in [0.05, 0.1) is 16.7 Å². The molecule has 0 N–H and O–H groups in total. The van der Waals surface area contributed by atoms with Gasteiger partial charge >= 0.3 is 5.97 Å². The largest absolute Gasteiger partial charge is 0.425 e. The third-order valence-corrected chi connectivity index (χ3v) is 9.16. The van der Waals surface area contributed by atoms with Gasteiger partial charge in [-0.25, -0.2) is 0 Å². The van der Waals surface area contributed by atoms with E-state index in [2.05, 4.69) is 31.2 Å². The first-order valence-corrected chi connectivity index (χ1v) is 14.1. The van der Waals surface area contributed by atoms with Crippen molar-refractivity contribution in [2.45, 2.75) is 103 Å². The molecule has 0 saturated heterocycles. The molecule has 5 rings (SSSR count). The van der Waals surface area contributed by atoms with Crippen LogP contribution in [0, 0.1) is 39.4 Å². The third kappa shape index (κ3) is 5.47. The number of rotatable bonds is 10. The lowest BCUT2D eigenvalue weighted by Gasteiger charge is -2.54. The van der Waals surface area contributed by atoms with Gasteiger partial charge in [-0.1, -0.05) is 51.3 Å². The van der Waals surface area contributed by atoms with Gasteiger partial charge in [0, 0.05) is 6.42 Å². The molecule has 0 amide bonds. The van der Waals surface area contributed by atoms with Crippen molar-refractivity contribution in [1.29, 1.82) is 15.8 Å². The van der Waals surface area contributed by atoms with Crippen LogP contribution in [0.4, 0.5) is 0 Å². The summed E-state index contributed by atoms with van der Waals surface area (Å²) in [5.74, 6) is -0.111. The molecule has 0 atom stereocenters. The number of nitriles is 3. The second-order valence-electron chi connectivity index (χ2n) is 11.3. The number of aryl methyl sites for hydroxylation is 2. The van der Waals surface area contributed by atoms with Gasteiger partial charge in [0.15, 0.2) is 0 Å². The minimum absolute atomic E-state index is 0.0230. The highest BCUT2D eigenvalue weighted by Crippen LogP contribution is 2.60. The van der Waals surface area contributed by atoms with Crippen LogP contribution in [0.25, 0.3) is 0 Å². The van der Waals surface area contributed by atoms with Crippen LogP contribution >= 0.6 is 0 Å². The smallest absolute Gasteiger partial charge is 0.310 e. The van der Waals surface area contributed by atoms with Gasteiger partial charge in [0.1, 0.15) is 24.0 Å². The van der Waals surface area contributed by atoms with E-state index in [1.165, 1.54) is 44.9 Å². The Morgan fingerprint density at radius 1 is 0.868 bits per heavy atom. The molecular weight excluding hydrogens is 470 g/mol. The Bertz CT molecular complexity index is 1300. The lowest BCUT2D eigenvalue weighted by atomic mass is 9.50. The Hall–Kier alpha value is -3.62. The highest BCUT2D eigenvalue weighted by atomic mass is 16.5. The fourth-order valence-corrected chi connectivity index (χ4v) is 6.72. The Morgan fingerprint density at radius 3 is 2.18 bits per heavy atom. The van der Waals surface area contributed by atoms with Gasteiger partial charge in [-0.2, -0.15) is 15.8 Å². The predicted molar refractivity (Wildman–Crippen MR) is 146 cm³/mol. The van der Waals surface area contributed by atoms with Gasteiger partial charge in [-0.15, -0.1) is 0 Å². The maximum Gasteiger partial charge on any atom is 0.310 e. The van der Waals surface area contributed by atoms with Crippen LogP contribution in [-0.4, -0.2) is 5.97 Å². The van der Waals surface area contributed by atoms with Gasteiger partial charge in [-0.3, -0.25) is 4.79 Å². The summed E-state index contributed by atoms with van der Waals surface area (Å²) < 4.78 is 5.25. The molecule has 2 bridgehead atoms. The topological polar surface area (TPSA) is 97.7 Å². The molecule has 3 saturated carbocycles. The molecule has 3 aliphatic rings. The Balaban J connectivity index is 1.52. The molecule has 0 aromatic heterocycles. The molecule has 5 nitrogen and oxygen atoms in total. The maximum absolute atomic E-state index is 11.6. The van der Waals surface area contributed by atoms with E-state index in [1.54, 1.807) is 19.1 Å². The highest BCUT2D eigenvalue weighted by molar-refractivity contribution is 5.73. The Kier molecular flexibility index (Phi) is 8.54. The number of esters is 1. The van der Waals surface area contributed by atoms with E-state index in [0.717, 1.165) is 36.0 Å². The summed E-state index contributed by atoms with van der Waals surface area (Å²) in [4.78, 5) is 11.6. The molecule has 0 unspecified atom stereocenters. The van der Waals surface area contributed by atoms with E-state index >= 15 is 0 Å². The molecule has 2 aromatic rings. The molecule has 0 heterocycles. The van der Waals surface area contributed by atoms with Crippen LogP contribution in [0.15, 0.2) is 30.3 Å². The molecule has 3 fully saturated rings. The minimum Gasteiger partial charge on any atom is -0.425 e. The van der Waals surface area contributed by atoms with Crippen molar-refractivity contribution < 1.29 is 9.53 Å². The van der Waals surface area contributed by atoms with Crippen LogP contribution in [0.2, 0.25) is 0 Å². The number of nitrogens with zero attached hydrogens (tertiary/aromatic N) is 3. The Morgan fingerprint density at radius 2 is 1.58 bits per heavy atom. The summed E-state index contributed by atoms with van der Waals surface area (Å²) in [5.41, 5.74) is 4.76. The normalized spacial score (nSPS) is 21.8. The molecule has 5 heteroatoms. The number of carbonyl (C=O) groups excluding carboxylic acids is 1. The zero-order valence-corrected chi connectivity index (χ0v) is 22.7. The predicted octanol–water partition coefficient (Wildman–Crippen LogP) is 7.57. The van der Waals surface area contributed by atoms with Gasteiger partial charge < -0.3 is 4.74 Å². The number of fused-ring (bicyclic) bond motifs is 3. The second-order valence-corrected chi connectivity index (χ2v) is 11.3. The van der Waals surface area contributed by atoms with Crippen molar-refractivity contribution in [2.24, 2.45) is 5.41 Å². The van der Waals surface area contributed by atoms with Crippen molar-refractivity contribution in [3.63, 3.8) is 0 Å². The maximum atomic E-state index is 11.6. The fraction of sp³-hybridized carbons (Fsp3) is 0.515. The molecule has 0 spiro atoms. The molecule has 3 aliphatic carbocycles. The number of unbranched alkanes of at least 4 members (excludes halogenated alkanes) is 2. The van der Waals surface area contributed by atoms with Gasteiger partial charge in [-0.05, 0) is 97.4 Å². The van der Waals surface area contributed by atoms with Crippen LogP contribution in [0.3, 0.4) is 0 Å². The molecule has 0 radical (unpaired) electrons. The zero-order valence-electron chi connectivity index (χ0n) is 22.7. The average molecular weight is 508 g/mol. The quantitative estimate of drug-likeness (QED) is 0.188. The first kappa shape index (κ1) is 27.4. The van der Waals surface area contributed by atoms with E-state index in [0.29, 0.717) is 34.9 Å². The number of hydrogen-bond donors (Lipinski definition) is 0. The van der Waals surface area contributed by atoms with E-state index < -0.39 is 0 Å². The zero-order chi connectivity index (χ0) is 27.2. The van der Waals surface area contributed by atoms with E-state index in [1.807, 2.05) is 12.1 Å². The first-order valence-electron chi connectivity index (χ1n) is 14.1. The molecule has 0 aliphatic heterocycles. The van der Waals surface area contributed by atoms with Crippen LogP contribution in [0.1, 0.15) is 118 Å². The number of hydrogen-bond acceptors (Lipinski definition) is 5. The van der Waals surface area contributed by atoms with Crippen LogP contribution < -0.4 is 4.74 Å². The van der Waals surface area contributed by atoms with Gasteiger partial charge in [0.2, 0.25) is 0 Å². The van der Waals surface area contributed by atoms with Crippen LogP contribution in [-0.2, 0) is 23.1 Å². The summed E-state index contributed by atoms with van der Waals surface area (Å²) in [5, 5.41) is 29.8. The summed E-state index contributed by atoms with van der Waals surface area (Å²) in [6.45, 7) is 3.97. The summed E-state index contributed by atoms with van der Waals surface area (Å²) in [6, 6.07) is 16.3. The minimum atomic E-state index is -0.380. The lowest BCUT2D eigenvalue weighted by molar-refractivity contribution is -0.134. The Labute approximate surface area is 227 Å². The SMILES string of the molecule is CCCCCC12CCC(c3ccc(CCc4ccc(OC(=O)CC)c(C#N)c4)c(C#N)c3C#N)(CC1)CC2. The van der Waals surface area contributed by atoms with Crippen molar-refractivity contribution in [2.75, 3.05) is 0 Å². The molecule has 196 valence electrons. The van der Waals surface area contributed by atoms with Crippen LogP contribution in [0.5, 0.6) is 5.75 Å². The van der Waals surface area contributed by atoms with E-state index in [-0.39, 0.29) is 23.6 Å². The molecule has 38 heavy (non-hydrogen) atoms. The van der Waals surface area contributed by atoms with E-state index in [9.17, 15) is 20.6 Å². The van der Waals surface area contributed by atoms with Crippen molar-refractivity contribution in [3.05, 3.63) is 63.7 Å². The highest BCUT2D eigenvalue weighted by Gasteiger charge is 2.49. The van der Waals surface area contributed by atoms with E-state index in [4.69, 9.17) is 4.74 Å². The summed E-state index contributed by atoms with van der Waals surface area (Å²) in [6.07, 6.45) is 13.7. The summed E-state index contributed by atoms with van der Waals surface area (Å²) >= 11 is 0. The van der Waals surface area contributed by atoms with Crippen molar-refractivity contribution >= 4 is 5.97 Å². The molecular formula is C33H37N3O2. The first-order chi connectivity index (χ1) is 18.4. The number of carbonyl (C=O) groups is 1. The third-order valence-electron chi connectivity index (χ3n) is 9.16. The van der Waals surface area contributed by atoms with Crippen molar-refractivity contribution in [3.8, 4) is 24.0 Å². The van der Waals surface area contributed by atoms with Gasteiger partial charge in [0.25, 0.3) is 0 Å². The number of ether oxygens (including phenoxy) is 1. The number of benzene rings is 2. The lowest BCUT2D eigenvalue weighted by Crippen LogP contribution is -2.44. The van der Waals surface area contributed by atoms with Crippen molar-refractivity contribution in [1.82, 2.24) is 0 Å². The monoisotopic (exact) mass is 507 g/mol. The fourth-order valence-electron chi connectivity index (χ4n) is 6.72. The second kappa shape index (κ2) is 11.8. The molecule has 2 aromatic carbocycles. The average Bonchev–Trinajstić information content (AvgIpc) is 2.96. The summed E-state index contributed by atoms with van der Waals surface area (Å²) in [7, 11) is 0. The standard InChI is InChI=1S/C33H37N3O2/c1-3-5-6-13-32-14-17-33(18-15-32,19-16-32)29-11-10-25(27(22-35)28(29)23-36)9-7-24-8-12-30(26(20-24)21-34)38-31(37)4-2/h8,10-12,20H,3-7,9,13-19H2,1-2H3.